The Morgan fingerprint density at radius 2 is 1.81 bits per heavy atom. The average molecular weight is 285 g/mol. The maximum absolute atomic E-state index is 13.4. The number of fused-ring (bicyclic) bond motifs is 5. The highest BCUT2D eigenvalue weighted by Crippen LogP contribution is 2.44. The fraction of sp³-hybridized carbons (Fsp3) is 0.294. The van der Waals surface area contributed by atoms with E-state index in [0.29, 0.717) is 12.6 Å². The summed E-state index contributed by atoms with van der Waals surface area (Å²) in [5.74, 6) is -0.290. The molecule has 0 amide bonds. The fourth-order valence-electron chi connectivity index (χ4n) is 3.71. The highest BCUT2D eigenvalue weighted by atomic mass is 19.1. The number of aromatic hydroxyl groups is 2. The van der Waals surface area contributed by atoms with Gasteiger partial charge in [0.15, 0.2) is 11.5 Å². The maximum Gasteiger partial charge on any atom is 0.157 e. The van der Waals surface area contributed by atoms with E-state index in [9.17, 15) is 14.6 Å². The molecule has 2 aromatic carbocycles. The predicted octanol–water partition coefficient (Wildman–Crippen LogP) is 2.79. The first-order valence-electron chi connectivity index (χ1n) is 7.20. The molecule has 21 heavy (non-hydrogen) atoms. The van der Waals surface area contributed by atoms with Crippen LogP contribution in [-0.2, 0) is 13.0 Å². The summed E-state index contributed by atoms with van der Waals surface area (Å²) in [6.45, 7) is 0.674. The van der Waals surface area contributed by atoms with Crippen molar-refractivity contribution >= 4 is 0 Å². The molecular formula is C17H16FNO2. The number of hydrogen-bond donors (Lipinski definition) is 3. The average Bonchev–Trinajstić information content (AvgIpc) is 2.47. The molecule has 0 unspecified atom stereocenters. The summed E-state index contributed by atoms with van der Waals surface area (Å²) in [5, 5.41) is 23.0. The van der Waals surface area contributed by atoms with Gasteiger partial charge in [-0.15, -0.1) is 0 Å². The molecule has 0 saturated carbocycles. The summed E-state index contributed by atoms with van der Waals surface area (Å²) >= 11 is 0. The van der Waals surface area contributed by atoms with E-state index >= 15 is 0 Å². The van der Waals surface area contributed by atoms with Crippen molar-refractivity contribution in [1.29, 1.82) is 0 Å². The van der Waals surface area contributed by atoms with Gasteiger partial charge in [-0.2, -0.15) is 0 Å². The summed E-state index contributed by atoms with van der Waals surface area (Å²) in [6.07, 6.45) is 1.84. The standard InChI is InChI=1S/C17H16FNO2/c18-11-2-3-12-10(5-11)8-19-14-4-1-9-6-15(20)16(21)7-13(9)17(12)14/h2-3,5-7,14,17,19-21H,1,4,8H2/t14-,17-/m0/s1. The van der Waals surface area contributed by atoms with Crippen molar-refractivity contribution in [3.8, 4) is 11.5 Å². The first-order chi connectivity index (χ1) is 10.1. The van der Waals surface area contributed by atoms with Crippen LogP contribution in [-0.4, -0.2) is 16.3 Å². The zero-order valence-electron chi connectivity index (χ0n) is 11.4. The molecule has 2 atom stereocenters. The van der Waals surface area contributed by atoms with Crippen molar-refractivity contribution in [2.45, 2.75) is 31.3 Å². The van der Waals surface area contributed by atoms with E-state index in [-0.39, 0.29) is 23.2 Å². The third-order valence-electron chi connectivity index (χ3n) is 4.69. The van der Waals surface area contributed by atoms with Crippen LogP contribution in [0.4, 0.5) is 4.39 Å². The topological polar surface area (TPSA) is 52.5 Å². The SMILES string of the molecule is Oc1cc2c(cc1O)[C@@H]1c3ccc(F)cc3CN[C@H]1CC2. The van der Waals surface area contributed by atoms with Crippen molar-refractivity contribution < 1.29 is 14.6 Å². The lowest BCUT2D eigenvalue weighted by atomic mass is 9.72. The molecule has 0 fully saturated rings. The second kappa shape index (κ2) is 4.46. The molecule has 0 aromatic heterocycles. The fourth-order valence-corrected chi connectivity index (χ4v) is 3.71. The Kier molecular flexibility index (Phi) is 2.69. The van der Waals surface area contributed by atoms with Gasteiger partial charge in [-0.3, -0.25) is 0 Å². The molecule has 4 heteroatoms. The minimum atomic E-state index is -0.224. The van der Waals surface area contributed by atoms with Gasteiger partial charge in [-0.25, -0.2) is 4.39 Å². The molecule has 2 aliphatic rings. The van der Waals surface area contributed by atoms with Crippen LogP contribution in [0.5, 0.6) is 11.5 Å². The van der Waals surface area contributed by atoms with E-state index in [4.69, 9.17) is 0 Å². The Bertz CT molecular complexity index is 729. The van der Waals surface area contributed by atoms with E-state index in [1.54, 1.807) is 18.2 Å². The van der Waals surface area contributed by atoms with Gasteiger partial charge in [0.1, 0.15) is 5.82 Å². The first-order valence-corrected chi connectivity index (χ1v) is 7.20. The number of phenols is 2. The Hall–Kier alpha value is -2.07. The van der Waals surface area contributed by atoms with Crippen LogP contribution in [0.25, 0.3) is 0 Å². The summed E-state index contributed by atoms with van der Waals surface area (Å²) in [6, 6.07) is 8.52. The zero-order chi connectivity index (χ0) is 14.6. The van der Waals surface area contributed by atoms with Gasteiger partial charge >= 0.3 is 0 Å². The van der Waals surface area contributed by atoms with E-state index in [1.807, 2.05) is 6.07 Å². The van der Waals surface area contributed by atoms with Crippen molar-refractivity contribution in [3.05, 3.63) is 58.4 Å². The number of hydrogen-bond acceptors (Lipinski definition) is 3. The molecule has 1 aliphatic heterocycles. The third kappa shape index (κ3) is 1.90. The van der Waals surface area contributed by atoms with Crippen LogP contribution < -0.4 is 5.32 Å². The molecule has 108 valence electrons. The van der Waals surface area contributed by atoms with Crippen LogP contribution in [0, 0.1) is 5.82 Å². The monoisotopic (exact) mass is 285 g/mol. The lowest BCUT2D eigenvalue weighted by Crippen LogP contribution is -2.42. The number of aryl methyl sites for hydroxylation is 1. The first kappa shape index (κ1) is 12.7. The van der Waals surface area contributed by atoms with Crippen LogP contribution in [0.2, 0.25) is 0 Å². The maximum atomic E-state index is 13.4. The summed E-state index contributed by atoms with van der Waals surface area (Å²) < 4.78 is 13.4. The van der Waals surface area contributed by atoms with Crippen molar-refractivity contribution in [2.24, 2.45) is 0 Å². The smallest absolute Gasteiger partial charge is 0.157 e. The molecular weight excluding hydrogens is 269 g/mol. The number of rotatable bonds is 0. The van der Waals surface area contributed by atoms with Gasteiger partial charge in [-0.05, 0) is 59.4 Å². The molecule has 1 heterocycles. The Labute approximate surface area is 122 Å². The molecule has 2 aromatic rings. The molecule has 0 spiro atoms. The van der Waals surface area contributed by atoms with Gasteiger partial charge in [0, 0.05) is 18.5 Å². The molecule has 0 radical (unpaired) electrons. The zero-order valence-corrected chi connectivity index (χ0v) is 11.4. The number of benzene rings is 2. The van der Waals surface area contributed by atoms with Gasteiger partial charge in [0.25, 0.3) is 0 Å². The highest BCUT2D eigenvalue weighted by Gasteiger charge is 2.35. The summed E-state index contributed by atoms with van der Waals surface area (Å²) in [4.78, 5) is 0. The quantitative estimate of drug-likeness (QED) is 0.652. The second-order valence-corrected chi connectivity index (χ2v) is 5.89. The van der Waals surface area contributed by atoms with Crippen LogP contribution in [0.3, 0.4) is 0 Å². The summed E-state index contributed by atoms with van der Waals surface area (Å²) in [5.41, 5.74) is 4.18. The van der Waals surface area contributed by atoms with Crippen LogP contribution >= 0.6 is 0 Å². The third-order valence-corrected chi connectivity index (χ3v) is 4.69. The molecule has 3 nitrogen and oxygen atoms in total. The normalized spacial score (nSPS) is 23.1. The minimum Gasteiger partial charge on any atom is -0.504 e. The lowest BCUT2D eigenvalue weighted by Gasteiger charge is -2.39. The minimum absolute atomic E-state index is 0.0738. The van der Waals surface area contributed by atoms with Crippen molar-refractivity contribution in [3.63, 3.8) is 0 Å². The number of phenolic OH excluding ortho intramolecular Hbond substituents is 2. The van der Waals surface area contributed by atoms with Gasteiger partial charge < -0.3 is 15.5 Å². The van der Waals surface area contributed by atoms with E-state index in [2.05, 4.69) is 5.32 Å². The Balaban J connectivity index is 1.91. The second-order valence-electron chi connectivity index (χ2n) is 5.89. The lowest BCUT2D eigenvalue weighted by molar-refractivity contribution is 0.379. The Morgan fingerprint density at radius 1 is 1.00 bits per heavy atom. The van der Waals surface area contributed by atoms with Crippen molar-refractivity contribution in [1.82, 2.24) is 5.32 Å². The summed E-state index contributed by atoms with van der Waals surface area (Å²) in [7, 11) is 0. The van der Waals surface area contributed by atoms with Gasteiger partial charge in [0.2, 0.25) is 0 Å². The largest absolute Gasteiger partial charge is 0.504 e. The van der Waals surface area contributed by atoms with Crippen LogP contribution in [0.15, 0.2) is 30.3 Å². The Morgan fingerprint density at radius 3 is 2.67 bits per heavy atom. The molecule has 0 saturated heterocycles. The van der Waals surface area contributed by atoms with Gasteiger partial charge in [-0.1, -0.05) is 6.07 Å². The molecule has 4 rings (SSSR count). The van der Waals surface area contributed by atoms with E-state index in [0.717, 1.165) is 35.1 Å². The highest BCUT2D eigenvalue weighted by molar-refractivity contribution is 5.53. The van der Waals surface area contributed by atoms with Crippen molar-refractivity contribution in [2.75, 3.05) is 0 Å². The van der Waals surface area contributed by atoms with Crippen LogP contribution in [0.1, 0.15) is 34.6 Å². The van der Waals surface area contributed by atoms with Gasteiger partial charge in [0.05, 0.1) is 0 Å². The molecule has 0 bridgehead atoms. The van der Waals surface area contributed by atoms with E-state index < -0.39 is 0 Å². The number of halogens is 1. The number of nitrogens with one attached hydrogen (secondary N) is 1. The van der Waals surface area contributed by atoms with E-state index in [1.165, 1.54) is 6.07 Å². The molecule has 3 N–H and O–H groups in total. The molecule has 1 aliphatic carbocycles. The predicted molar refractivity (Wildman–Crippen MR) is 77.0 cm³/mol.